The Morgan fingerprint density at radius 1 is 1.16 bits per heavy atom. The fourth-order valence-electron chi connectivity index (χ4n) is 2.41. The van der Waals surface area contributed by atoms with Gasteiger partial charge in [0.15, 0.2) is 0 Å². The molecule has 0 unspecified atom stereocenters. The number of hydrogen-bond donors (Lipinski definition) is 2. The van der Waals surface area contributed by atoms with Crippen molar-refractivity contribution in [1.29, 1.82) is 0 Å². The first-order valence-corrected chi connectivity index (χ1v) is 8.98. The topological polar surface area (TPSA) is 40.5 Å². The summed E-state index contributed by atoms with van der Waals surface area (Å²) in [5, 5.41) is 21.0. The van der Waals surface area contributed by atoms with E-state index in [-0.39, 0.29) is 5.92 Å². The van der Waals surface area contributed by atoms with Crippen molar-refractivity contribution in [1.82, 2.24) is 0 Å². The third-order valence-corrected chi connectivity index (χ3v) is 6.69. The lowest BCUT2D eigenvalue weighted by Gasteiger charge is -2.35. The predicted molar refractivity (Wildman–Crippen MR) is 84.5 cm³/mol. The van der Waals surface area contributed by atoms with Crippen molar-refractivity contribution < 1.29 is 10.2 Å². The Bertz CT molecular complexity index is 366. The molecule has 0 radical (unpaired) electrons. The quantitative estimate of drug-likeness (QED) is 0.875. The van der Waals surface area contributed by atoms with Crippen LogP contribution < -0.4 is 0 Å². The number of benzene rings is 1. The molecule has 4 heteroatoms. The highest BCUT2D eigenvalue weighted by Crippen LogP contribution is 2.43. The highest BCUT2D eigenvalue weighted by Gasteiger charge is 2.36. The first-order chi connectivity index (χ1) is 9.24. The predicted octanol–water partition coefficient (Wildman–Crippen LogP) is 3.30. The Hall–Kier alpha value is -0.160. The van der Waals surface area contributed by atoms with Gasteiger partial charge in [-0.1, -0.05) is 37.3 Å². The molecule has 0 bridgehead atoms. The number of thioether (sulfide) groups is 2. The smallest absolute Gasteiger partial charge is 0.0861 e. The fraction of sp³-hybridized carbons (Fsp3) is 0.600. The highest BCUT2D eigenvalue weighted by molar-refractivity contribution is 8.17. The molecule has 0 aromatic heterocycles. The van der Waals surface area contributed by atoms with Gasteiger partial charge in [-0.3, -0.25) is 0 Å². The SMILES string of the molecule is CC[C@H](O)[C@H](C1SCCCS1)[C@@H](O)c1ccccc1. The van der Waals surface area contributed by atoms with Crippen molar-refractivity contribution in [3.05, 3.63) is 35.9 Å². The van der Waals surface area contributed by atoms with Crippen LogP contribution in [0.4, 0.5) is 0 Å². The van der Waals surface area contributed by atoms with Gasteiger partial charge in [0.2, 0.25) is 0 Å². The first-order valence-electron chi connectivity index (χ1n) is 6.88. The summed E-state index contributed by atoms with van der Waals surface area (Å²) in [5.41, 5.74) is 0.909. The van der Waals surface area contributed by atoms with Gasteiger partial charge in [-0.2, -0.15) is 0 Å². The van der Waals surface area contributed by atoms with Gasteiger partial charge < -0.3 is 10.2 Å². The Labute approximate surface area is 124 Å². The molecular weight excluding hydrogens is 276 g/mol. The summed E-state index contributed by atoms with van der Waals surface area (Å²) in [5.74, 6) is 2.17. The van der Waals surface area contributed by atoms with Crippen molar-refractivity contribution in [2.45, 2.75) is 36.6 Å². The number of hydrogen-bond acceptors (Lipinski definition) is 4. The second-order valence-corrected chi connectivity index (χ2v) is 7.67. The molecule has 0 saturated carbocycles. The van der Waals surface area contributed by atoms with E-state index < -0.39 is 12.2 Å². The lowest BCUT2D eigenvalue weighted by molar-refractivity contribution is 0.0179. The van der Waals surface area contributed by atoms with E-state index in [4.69, 9.17) is 0 Å². The highest BCUT2D eigenvalue weighted by atomic mass is 32.2. The van der Waals surface area contributed by atoms with E-state index in [2.05, 4.69) is 0 Å². The van der Waals surface area contributed by atoms with Crippen molar-refractivity contribution in [2.24, 2.45) is 5.92 Å². The molecule has 2 N–H and O–H groups in total. The molecule has 1 aliphatic heterocycles. The van der Waals surface area contributed by atoms with Crippen LogP contribution in [0.25, 0.3) is 0 Å². The molecule has 1 aromatic carbocycles. The zero-order valence-electron chi connectivity index (χ0n) is 11.2. The van der Waals surface area contributed by atoms with Gasteiger partial charge in [0.25, 0.3) is 0 Å². The summed E-state index contributed by atoms with van der Waals surface area (Å²) in [6.45, 7) is 1.98. The number of aliphatic hydroxyl groups is 2. The minimum Gasteiger partial charge on any atom is -0.393 e. The van der Waals surface area contributed by atoms with E-state index in [1.165, 1.54) is 6.42 Å². The number of rotatable bonds is 5. The Kier molecular flexibility index (Phi) is 6.07. The molecule has 0 amide bonds. The molecule has 19 heavy (non-hydrogen) atoms. The molecule has 1 aromatic rings. The van der Waals surface area contributed by atoms with Crippen LogP contribution in [0.3, 0.4) is 0 Å². The number of aliphatic hydroxyl groups excluding tert-OH is 2. The third kappa shape index (κ3) is 3.91. The zero-order valence-corrected chi connectivity index (χ0v) is 12.9. The molecule has 0 aliphatic carbocycles. The van der Waals surface area contributed by atoms with E-state index in [1.807, 2.05) is 60.8 Å². The van der Waals surface area contributed by atoms with Crippen LogP contribution in [-0.4, -0.2) is 32.4 Å². The molecular formula is C15H22O2S2. The molecule has 0 spiro atoms. The zero-order chi connectivity index (χ0) is 13.7. The fourth-order valence-corrected chi connectivity index (χ4v) is 5.75. The maximum Gasteiger partial charge on any atom is 0.0861 e. The Balaban J connectivity index is 2.16. The lowest BCUT2D eigenvalue weighted by atomic mass is 9.91. The Morgan fingerprint density at radius 2 is 1.79 bits per heavy atom. The molecule has 106 valence electrons. The van der Waals surface area contributed by atoms with Crippen LogP contribution in [0.2, 0.25) is 0 Å². The first kappa shape index (κ1) is 15.2. The summed E-state index contributed by atoms with van der Waals surface area (Å²) in [4.78, 5) is 0. The van der Waals surface area contributed by atoms with E-state index >= 15 is 0 Å². The van der Waals surface area contributed by atoms with Crippen LogP contribution in [0, 0.1) is 5.92 Å². The van der Waals surface area contributed by atoms with Crippen molar-refractivity contribution >= 4 is 23.5 Å². The summed E-state index contributed by atoms with van der Waals surface area (Å²) in [6.07, 6.45) is 0.881. The van der Waals surface area contributed by atoms with Crippen molar-refractivity contribution in [3.63, 3.8) is 0 Å². The molecule has 1 fully saturated rings. The second kappa shape index (κ2) is 7.58. The van der Waals surface area contributed by atoms with Gasteiger partial charge in [-0.15, -0.1) is 23.5 Å². The summed E-state index contributed by atoms with van der Waals surface area (Å²) in [6, 6.07) is 9.71. The van der Waals surface area contributed by atoms with Gasteiger partial charge in [-0.05, 0) is 29.9 Å². The molecule has 3 atom stereocenters. The minimum atomic E-state index is -0.584. The minimum absolute atomic E-state index is 0.0947. The maximum atomic E-state index is 10.6. The average Bonchev–Trinajstić information content (AvgIpc) is 2.49. The van der Waals surface area contributed by atoms with E-state index in [1.54, 1.807) is 0 Å². The summed E-state index contributed by atoms with van der Waals surface area (Å²) < 4.78 is 0.291. The van der Waals surface area contributed by atoms with Crippen LogP contribution in [0.5, 0.6) is 0 Å². The molecule has 1 aliphatic rings. The second-order valence-electron chi connectivity index (χ2n) is 4.87. The van der Waals surface area contributed by atoms with Crippen LogP contribution >= 0.6 is 23.5 Å². The van der Waals surface area contributed by atoms with E-state index in [9.17, 15) is 10.2 Å². The van der Waals surface area contributed by atoms with Crippen molar-refractivity contribution in [3.8, 4) is 0 Å². The monoisotopic (exact) mass is 298 g/mol. The lowest BCUT2D eigenvalue weighted by Crippen LogP contribution is -2.34. The van der Waals surface area contributed by atoms with Gasteiger partial charge in [0.05, 0.1) is 16.8 Å². The maximum absolute atomic E-state index is 10.6. The Morgan fingerprint density at radius 3 is 2.37 bits per heavy atom. The van der Waals surface area contributed by atoms with E-state index in [0.717, 1.165) is 17.1 Å². The third-order valence-electron chi connectivity index (χ3n) is 3.54. The van der Waals surface area contributed by atoms with Gasteiger partial charge >= 0.3 is 0 Å². The summed E-state index contributed by atoms with van der Waals surface area (Å²) >= 11 is 3.76. The largest absolute Gasteiger partial charge is 0.393 e. The molecule has 2 nitrogen and oxygen atoms in total. The average molecular weight is 298 g/mol. The standard InChI is InChI=1S/C15H22O2S2/c1-2-12(16)13(15-18-9-6-10-19-15)14(17)11-7-4-3-5-8-11/h3-5,7-8,12-17H,2,6,9-10H2,1H3/t12-,13-,14-/m0/s1. The van der Waals surface area contributed by atoms with Gasteiger partial charge in [0.1, 0.15) is 0 Å². The van der Waals surface area contributed by atoms with E-state index in [0.29, 0.717) is 11.0 Å². The van der Waals surface area contributed by atoms with Gasteiger partial charge in [-0.25, -0.2) is 0 Å². The summed E-state index contributed by atoms with van der Waals surface area (Å²) in [7, 11) is 0. The van der Waals surface area contributed by atoms with Gasteiger partial charge in [0, 0.05) is 5.92 Å². The van der Waals surface area contributed by atoms with Crippen molar-refractivity contribution in [2.75, 3.05) is 11.5 Å². The normalized spacial score (nSPS) is 21.8. The van der Waals surface area contributed by atoms with Crippen LogP contribution in [-0.2, 0) is 0 Å². The van der Waals surface area contributed by atoms with Crippen LogP contribution in [0.1, 0.15) is 31.4 Å². The molecule has 1 heterocycles. The van der Waals surface area contributed by atoms with Crippen LogP contribution in [0.15, 0.2) is 30.3 Å². The molecule has 2 rings (SSSR count). The molecule has 1 saturated heterocycles.